The van der Waals surface area contributed by atoms with Gasteiger partial charge in [0.05, 0.1) is 13.1 Å². The summed E-state index contributed by atoms with van der Waals surface area (Å²) in [6.07, 6.45) is 4.47. The van der Waals surface area contributed by atoms with E-state index in [-0.39, 0.29) is 36.7 Å². The number of carbonyl (C=O) groups is 2. The molecule has 166 valence electrons. The molecule has 2 aromatic carbocycles. The topological polar surface area (TPSA) is 101 Å². The first kappa shape index (κ1) is 22.8. The highest BCUT2D eigenvalue weighted by atomic mass is 16.4. The fourth-order valence-electron chi connectivity index (χ4n) is 4.55. The zero-order valence-corrected chi connectivity index (χ0v) is 17.6. The van der Waals surface area contributed by atoms with Gasteiger partial charge in [0.15, 0.2) is 0 Å². The molecular formula is C24H30N2O5. The van der Waals surface area contributed by atoms with Crippen LogP contribution in [0.1, 0.15) is 36.8 Å². The molecule has 0 amide bonds. The van der Waals surface area contributed by atoms with Gasteiger partial charge in [0.2, 0.25) is 0 Å². The van der Waals surface area contributed by atoms with Crippen molar-refractivity contribution in [2.24, 2.45) is 0 Å². The van der Waals surface area contributed by atoms with Crippen molar-refractivity contribution in [3.8, 4) is 11.5 Å². The lowest BCUT2D eigenvalue weighted by atomic mass is 9.87. The molecule has 7 heteroatoms. The third-order valence-electron chi connectivity index (χ3n) is 6.01. The minimum Gasteiger partial charge on any atom is -0.508 e. The van der Waals surface area contributed by atoms with Crippen LogP contribution in [-0.2, 0) is 22.7 Å². The van der Waals surface area contributed by atoms with Crippen LogP contribution < -0.4 is 0 Å². The number of benzene rings is 2. The number of aldehydes is 1. The SMILES string of the molecule is O=CCN(Cc1ccccc1O)C1CCCCC1N(CC(=O)O)Cc1ccccc1O. The van der Waals surface area contributed by atoms with Crippen LogP contribution in [0.2, 0.25) is 0 Å². The van der Waals surface area contributed by atoms with E-state index in [0.29, 0.717) is 18.7 Å². The summed E-state index contributed by atoms with van der Waals surface area (Å²) in [7, 11) is 0. The Morgan fingerprint density at radius 3 is 1.84 bits per heavy atom. The van der Waals surface area contributed by atoms with Gasteiger partial charge in [0.1, 0.15) is 17.8 Å². The second-order valence-corrected chi connectivity index (χ2v) is 8.07. The molecule has 7 nitrogen and oxygen atoms in total. The van der Waals surface area contributed by atoms with E-state index in [4.69, 9.17) is 0 Å². The van der Waals surface area contributed by atoms with E-state index in [1.54, 1.807) is 30.3 Å². The van der Waals surface area contributed by atoms with Gasteiger partial charge < -0.3 is 20.1 Å². The standard InChI is InChI=1S/C24H30N2O5/c27-14-13-25(15-18-7-1-5-11-22(18)28)20-9-3-4-10-21(20)26(17-24(30)31)16-19-8-2-6-12-23(19)29/h1-2,5-8,11-12,14,20-21,28-29H,3-4,9-10,13,15-17H2,(H,30,31). The van der Waals surface area contributed by atoms with E-state index >= 15 is 0 Å². The molecule has 1 aliphatic carbocycles. The fourth-order valence-corrected chi connectivity index (χ4v) is 4.55. The lowest BCUT2D eigenvalue weighted by molar-refractivity contribution is -0.140. The number of rotatable bonds is 10. The maximum absolute atomic E-state index is 11.7. The molecule has 2 unspecified atom stereocenters. The molecule has 0 aromatic heterocycles. The van der Waals surface area contributed by atoms with Gasteiger partial charge in [0.25, 0.3) is 0 Å². The second-order valence-electron chi connectivity index (χ2n) is 8.07. The molecule has 0 bridgehead atoms. The molecule has 1 fully saturated rings. The molecule has 31 heavy (non-hydrogen) atoms. The number of nitrogens with zero attached hydrogens (tertiary/aromatic N) is 2. The Bertz CT molecular complexity index is 888. The van der Waals surface area contributed by atoms with E-state index in [9.17, 15) is 24.9 Å². The predicted octanol–water partition coefficient (Wildman–Crippen LogP) is 3.00. The first-order valence-electron chi connectivity index (χ1n) is 10.7. The van der Waals surface area contributed by atoms with E-state index in [1.807, 2.05) is 28.0 Å². The number of phenols is 2. The minimum atomic E-state index is -0.928. The van der Waals surface area contributed by atoms with E-state index in [2.05, 4.69) is 0 Å². The van der Waals surface area contributed by atoms with Crippen molar-refractivity contribution in [3.63, 3.8) is 0 Å². The molecule has 3 N–H and O–H groups in total. The highest BCUT2D eigenvalue weighted by Crippen LogP contribution is 2.31. The number of aromatic hydroxyl groups is 2. The van der Waals surface area contributed by atoms with Crippen LogP contribution in [0.15, 0.2) is 48.5 Å². The summed E-state index contributed by atoms with van der Waals surface area (Å²) < 4.78 is 0. The van der Waals surface area contributed by atoms with Crippen molar-refractivity contribution < 1.29 is 24.9 Å². The number of carbonyl (C=O) groups excluding carboxylic acids is 1. The van der Waals surface area contributed by atoms with Crippen LogP contribution in [0, 0.1) is 0 Å². The molecule has 0 heterocycles. The Kier molecular flexibility index (Phi) is 8.03. The Balaban J connectivity index is 1.88. The molecule has 1 saturated carbocycles. The molecule has 3 rings (SSSR count). The monoisotopic (exact) mass is 426 g/mol. The smallest absolute Gasteiger partial charge is 0.317 e. The van der Waals surface area contributed by atoms with E-state index in [0.717, 1.165) is 37.5 Å². The van der Waals surface area contributed by atoms with Gasteiger partial charge >= 0.3 is 5.97 Å². The molecule has 2 atom stereocenters. The van der Waals surface area contributed by atoms with Crippen molar-refractivity contribution in [3.05, 3.63) is 59.7 Å². The van der Waals surface area contributed by atoms with E-state index < -0.39 is 5.97 Å². The van der Waals surface area contributed by atoms with Crippen LogP contribution in [0.25, 0.3) is 0 Å². The summed E-state index contributed by atoms with van der Waals surface area (Å²) in [4.78, 5) is 27.1. The van der Waals surface area contributed by atoms with Crippen LogP contribution in [0.4, 0.5) is 0 Å². The lowest BCUT2D eigenvalue weighted by Gasteiger charge is -2.44. The highest BCUT2D eigenvalue weighted by Gasteiger charge is 2.35. The van der Waals surface area contributed by atoms with Crippen molar-refractivity contribution in [2.75, 3.05) is 13.1 Å². The Hall–Kier alpha value is -2.90. The molecule has 0 saturated heterocycles. The van der Waals surface area contributed by atoms with Crippen molar-refractivity contribution in [2.45, 2.75) is 50.9 Å². The van der Waals surface area contributed by atoms with Crippen LogP contribution in [0.5, 0.6) is 11.5 Å². The van der Waals surface area contributed by atoms with Gasteiger partial charge in [-0.1, -0.05) is 49.2 Å². The van der Waals surface area contributed by atoms with Crippen molar-refractivity contribution in [1.82, 2.24) is 9.80 Å². The third kappa shape index (κ3) is 6.06. The number of aliphatic carboxylic acids is 1. The molecule has 2 aromatic rings. The summed E-state index contributed by atoms with van der Waals surface area (Å²) >= 11 is 0. The number of hydrogen-bond acceptors (Lipinski definition) is 6. The zero-order valence-electron chi connectivity index (χ0n) is 17.6. The third-order valence-corrected chi connectivity index (χ3v) is 6.01. The van der Waals surface area contributed by atoms with Crippen LogP contribution in [0.3, 0.4) is 0 Å². The molecule has 0 spiro atoms. The Morgan fingerprint density at radius 1 is 0.871 bits per heavy atom. The second kappa shape index (κ2) is 10.9. The molecular weight excluding hydrogens is 396 g/mol. The van der Waals surface area contributed by atoms with Gasteiger partial charge in [-0.25, -0.2) is 0 Å². The first-order chi connectivity index (χ1) is 15.0. The van der Waals surface area contributed by atoms with Gasteiger partial charge in [-0.15, -0.1) is 0 Å². The summed E-state index contributed by atoms with van der Waals surface area (Å²) in [6, 6.07) is 13.9. The van der Waals surface area contributed by atoms with Crippen LogP contribution >= 0.6 is 0 Å². The van der Waals surface area contributed by atoms with Gasteiger partial charge in [-0.3, -0.25) is 14.6 Å². The first-order valence-corrected chi connectivity index (χ1v) is 10.7. The normalized spacial score (nSPS) is 18.9. The largest absolute Gasteiger partial charge is 0.508 e. The van der Waals surface area contributed by atoms with E-state index in [1.165, 1.54) is 0 Å². The Labute approximate surface area is 182 Å². The predicted molar refractivity (Wildman–Crippen MR) is 117 cm³/mol. The summed E-state index contributed by atoms with van der Waals surface area (Å²) in [5.74, 6) is -0.603. The molecule has 0 aliphatic heterocycles. The quantitative estimate of drug-likeness (QED) is 0.502. The fraction of sp³-hybridized carbons (Fsp3) is 0.417. The van der Waals surface area contributed by atoms with Gasteiger partial charge in [0, 0.05) is 36.3 Å². The average Bonchev–Trinajstić information content (AvgIpc) is 2.75. The summed E-state index contributed by atoms with van der Waals surface area (Å²) in [6.45, 7) is 0.768. The lowest BCUT2D eigenvalue weighted by Crippen LogP contribution is -2.54. The van der Waals surface area contributed by atoms with Gasteiger partial charge in [-0.05, 0) is 25.0 Å². The van der Waals surface area contributed by atoms with Gasteiger partial charge in [-0.2, -0.15) is 0 Å². The number of para-hydroxylation sites is 2. The number of carboxylic acid groups (broad SMARTS) is 1. The molecule has 1 aliphatic rings. The Morgan fingerprint density at radius 2 is 1.35 bits per heavy atom. The molecule has 0 radical (unpaired) electrons. The number of hydrogen-bond donors (Lipinski definition) is 3. The average molecular weight is 427 g/mol. The maximum atomic E-state index is 11.7. The summed E-state index contributed by atoms with van der Waals surface area (Å²) in [5, 5.41) is 30.0. The maximum Gasteiger partial charge on any atom is 0.317 e. The zero-order chi connectivity index (χ0) is 22.2. The minimum absolute atomic E-state index is 0.0382. The number of phenolic OH excluding ortho intramolecular Hbond substituents is 2. The van der Waals surface area contributed by atoms with Crippen molar-refractivity contribution in [1.29, 1.82) is 0 Å². The number of carboxylic acids is 1. The highest BCUT2D eigenvalue weighted by molar-refractivity contribution is 5.69. The van der Waals surface area contributed by atoms with Crippen molar-refractivity contribution >= 4 is 12.3 Å². The van der Waals surface area contributed by atoms with Crippen LogP contribution in [-0.4, -0.2) is 62.5 Å². The summed E-state index contributed by atoms with van der Waals surface area (Å²) in [5.41, 5.74) is 1.41.